The van der Waals surface area contributed by atoms with Gasteiger partial charge in [-0.3, -0.25) is 4.79 Å². The second-order valence-electron chi connectivity index (χ2n) is 4.27. The van der Waals surface area contributed by atoms with Gasteiger partial charge in [-0.2, -0.15) is 0 Å². The molecule has 1 unspecified atom stereocenters. The molecule has 0 saturated carbocycles. The Kier molecular flexibility index (Phi) is 5.71. The molecule has 5 nitrogen and oxygen atoms in total. The third-order valence-electron chi connectivity index (χ3n) is 2.42. The summed E-state index contributed by atoms with van der Waals surface area (Å²) in [4.78, 5) is 15.8. The Morgan fingerprint density at radius 2 is 2.33 bits per heavy atom. The molecule has 1 atom stereocenters. The lowest BCUT2D eigenvalue weighted by Gasteiger charge is -2.23. The number of carbonyl (C=O) groups is 1. The van der Waals surface area contributed by atoms with Gasteiger partial charge in [0.25, 0.3) is 5.91 Å². The van der Waals surface area contributed by atoms with Crippen molar-refractivity contribution in [1.82, 2.24) is 10.3 Å². The van der Waals surface area contributed by atoms with Gasteiger partial charge in [-0.05, 0) is 35.0 Å². The van der Waals surface area contributed by atoms with Gasteiger partial charge in [0.2, 0.25) is 0 Å². The highest BCUT2D eigenvalue weighted by Crippen LogP contribution is 2.09. The number of nitrogens with one attached hydrogen (secondary N) is 1. The van der Waals surface area contributed by atoms with Gasteiger partial charge in [-0.1, -0.05) is 6.07 Å². The van der Waals surface area contributed by atoms with Gasteiger partial charge in [-0.15, -0.1) is 0 Å². The number of methoxy groups -OCH3 is 1. The van der Waals surface area contributed by atoms with Gasteiger partial charge in [0, 0.05) is 26.7 Å². The summed E-state index contributed by atoms with van der Waals surface area (Å²) in [7, 11) is 1.57. The molecule has 0 aliphatic rings. The minimum atomic E-state index is -0.988. The van der Waals surface area contributed by atoms with Crippen LogP contribution >= 0.6 is 15.9 Å². The van der Waals surface area contributed by atoms with Gasteiger partial charge in [0.15, 0.2) is 0 Å². The van der Waals surface area contributed by atoms with Crippen molar-refractivity contribution in [3.63, 3.8) is 0 Å². The van der Waals surface area contributed by atoms with E-state index in [1.54, 1.807) is 32.2 Å². The summed E-state index contributed by atoms with van der Waals surface area (Å²) in [6, 6.07) is 5.09. The first-order valence-corrected chi connectivity index (χ1v) is 6.36. The van der Waals surface area contributed by atoms with E-state index in [4.69, 9.17) is 4.74 Å². The van der Waals surface area contributed by atoms with Crippen molar-refractivity contribution in [3.8, 4) is 0 Å². The van der Waals surface area contributed by atoms with Crippen LogP contribution in [-0.4, -0.2) is 41.9 Å². The van der Waals surface area contributed by atoms with E-state index in [9.17, 15) is 9.90 Å². The zero-order valence-electron chi connectivity index (χ0n) is 10.4. The molecule has 0 radical (unpaired) electrons. The SMILES string of the molecule is COCCC(C)(O)CNC(=O)c1cccc(Br)n1. The zero-order chi connectivity index (χ0) is 13.6. The molecule has 0 spiro atoms. The Labute approximate surface area is 115 Å². The number of aromatic nitrogens is 1. The molecule has 0 fully saturated rings. The van der Waals surface area contributed by atoms with Gasteiger partial charge < -0.3 is 15.2 Å². The van der Waals surface area contributed by atoms with Crippen LogP contribution in [0, 0.1) is 0 Å². The highest BCUT2D eigenvalue weighted by Gasteiger charge is 2.21. The summed E-state index contributed by atoms with van der Waals surface area (Å²) in [5, 5.41) is 12.6. The maximum atomic E-state index is 11.8. The first kappa shape index (κ1) is 15.1. The summed E-state index contributed by atoms with van der Waals surface area (Å²) >= 11 is 3.20. The molecular weight excluding hydrogens is 300 g/mol. The molecule has 100 valence electrons. The second-order valence-corrected chi connectivity index (χ2v) is 5.08. The molecule has 6 heteroatoms. The normalized spacial score (nSPS) is 14.0. The molecule has 0 bridgehead atoms. The smallest absolute Gasteiger partial charge is 0.270 e. The summed E-state index contributed by atoms with van der Waals surface area (Å²) in [5.74, 6) is -0.311. The first-order valence-electron chi connectivity index (χ1n) is 5.57. The van der Waals surface area contributed by atoms with Gasteiger partial charge in [-0.25, -0.2) is 4.98 Å². The lowest BCUT2D eigenvalue weighted by atomic mass is 10.0. The number of nitrogens with zero attached hydrogens (tertiary/aromatic N) is 1. The zero-order valence-corrected chi connectivity index (χ0v) is 12.0. The quantitative estimate of drug-likeness (QED) is 0.777. The van der Waals surface area contributed by atoms with Gasteiger partial charge >= 0.3 is 0 Å². The Balaban J connectivity index is 2.50. The predicted octanol–water partition coefficient (Wildman–Crippen LogP) is 1.36. The predicted molar refractivity (Wildman–Crippen MR) is 71.4 cm³/mol. The van der Waals surface area contributed by atoms with Crippen molar-refractivity contribution in [2.75, 3.05) is 20.3 Å². The Morgan fingerprint density at radius 3 is 2.94 bits per heavy atom. The number of carbonyl (C=O) groups excluding carboxylic acids is 1. The first-order chi connectivity index (χ1) is 8.44. The molecule has 0 aliphatic heterocycles. The largest absolute Gasteiger partial charge is 0.388 e. The van der Waals surface area contributed by atoms with Crippen molar-refractivity contribution < 1.29 is 14.6 Å². The average molecular weight is 317 g/mol. The number of aliphatic hydroxyl groups is 1. The Morgan fingerprint density at radius 1 is 1.61 bits per heavy atom. The van der Waals surface area contributed by atoms with E-state index >= 15 is 0 Å². The number of amides is 1. The standard InChI is InChI=1S/C12H17BrN2O3/c1-12(17,6-7-18-2)8-14-11(16)9-4-3-5-10(13)15-9/h3-5,17H,6-8H2,1-2H3,(H,14,16). The molecule has 1 aromatic rings. The topological polar surface area (TPSA) is 71.5 Å². The number of ether oxygens (including phenoxy) is 1. The van der Waals surface area contributed by atoms with Crippen molar-refractivity contribution in [2.24, 2.45) is 0 Å². The Hall–Kier alpha value is -0.980. The van der Waals surface area contributed by atoms with Crippen LogP contribution in [0.15, 0.2) is 22.8 Å². The fraction of sp³-hybridized carbons (Fsp3) is 0.500. The highest BCUT2D eigenvalue weighted by atomic mass is 79.9. The van der Waals surface area contributed by atoms with Crippen LogP contribution in [0.1, 0.15) is 23.8 Å². The molecule has 1 rings (SSSR count). The van der Waals surface area contributed by atoms with Crippen LogP contribution in [-0.2, 0) is 4.74 Å². The number of hydrogen-bond acceptors (Lipinski definition) is 4. The second kappa shape index (κ2) is 6.82. The highest BCUT2D eigenvalue weighted by molar-refractivity contribution is 9.10. The number of halogens is 1. The number of pyridine rings is 1. The van der Waals surface area contributed by atoms with Gasteiger partial charge in [0.1, 0.15) is 10.3 Å². The third kappa shape index (κ3) is 5.12. The number of hydrogen-bond donors (Lipinski definition) is 2. The molecule has 0 aliphatic carbocycles. The van der Waals surface area contributed by atoms with Crippen molar-refractivity contribution in [3.05, 3.63) is 28.5 Å². The van der Waals surface area contributed by atoms with E-state index < -0.39 is 5.60 Å². The summed E-state index contributed by atoms with van der Waals surface area (Å²) in [6.07, 6.45) is 0.454. The van der Waals surface area contributed by atoms with E-state index in [2.05, 4.69) is 26.2 Å². The van der Waals surface area contributed by atoms with Crippen molar-refractivity contribution in [1.29, 1.82) is 0 Å². The molecule has 1 aromatic heterocycles. The lowest BCUT2D eigenvalue weighted by molar-refractivity contribution is 0.0243. The molecule has 0 saturated heterocycles. The molecule has 0 aromatic carbocycles. The van der Waals surface area contributed by atoms with Crippen LogP contribution in [0.25, 0.3) is 0 Å². The summed E-state index contributed by atoms with van der Waals surface area (Å²) < 4.78 is 5.49. The van der Waals surface area contributed by atoms with Gasteiger partial charge in [0.05, 0.1) is 5.60 Å². The number of rotatable bonds is 6. The maximum Gasteiger partial charge on any atom is 0.270 e. The van der Waals surface area contributed by atoms with E-state index in [1.165, 1.54) is 0 Å². The van der Waals surface area contributed by atoms with E-state index in [0.29, 0.717) is 23.3 Å². The van der Waals surface area contributed by atoms with E-state index in [1.807, 2.05) is 0 Å². The molecular formula is C12H17BrN2O3. The van der Waals surface area contributed by atoms with E-state index in [0.717, 1.165) is 0 Å². The van der Waals surface area contributed by atoms with Crippen LogP contribution in [0.3, 0.4) is 0 Å². The Bertz CT molecular complexity index is 410. The summed E-state index contributed by atoms with van der Waals surface area (Å²) in [6.45, 7) is 2.25. The monoisotopic (exact) mass is 316 g/mol. The fourth-order valence-corrected chi connectivity index (χ4v) is 1.65. The van der Waals surface area contributed by atoms with Crippen molar-refractivity contribution in [2.45, 2.75) is 18.9 Å². The molecule has 2 N–H and O–H groups in total. The minimum absolute atomic E-state index is 0.156. The van der Waals surface area contributed by atoms with E-state index in [-0.39, 0.29) is 12.5 Å². The minimum Gasteiger partial charge on any atom is -0.388 e. The molecule has 1 amide bonds. The molecule has 1 heterocycles. The van der Waals surface area contributed by atoms with Crippen LogP contribution < -0.4 is 5.32 Å². The molecule has 18 heavy (non-hydrogen) atoms. The van der Waals surface area contributed by atoms with Crippen LogP contribution in [0.5, 0.6) is 0 Å². The fourth-order valence-electron chi connectivity index (χ4n) is 1.31. The lowest BCUT2D eigenvalue weighted by Crippen LogP contribution is -2.41. The van der Waals surface area contributed by atoms with Crippen LogP contribution in [0.2, 0.25) is 0 Å². The average Bonchev–Trinajstić information content (AvgIpc) is 2.34. The van der Waals surface area contributed by atoms with Crippen LogP contribution in [0.4, 0.5) is 0 Å². The summed E-state index contributed by atoms with van der Waals surface area (Å²) in [5.41, 5.74) is -0.676. The maximum absolute atomic E-state index is 11.8. The third-order valence-corrected chi connectivity index (χ3v) is 2.86. The van der Waals surface area contributed by atoms with Crippen molar-refractivity contribution >= 4 is 21.8 Å².